The van der Waals surface area contributed by atoms with Crippen LogP contribution in [-0.2, 0) is 28.7 Å². The molecule has 0 aliphatic rings. The molecule has 34 heavy (non-hydrogen) atoms. The van der Waals surface area contributed by atoms with Crippen LogP contribution in [0.4, 0.5) is 26.3 Å². The van der Waals surface area contributed by atoms with Gasteiger partial charge in [-0.1, -0.05) is 12.1 Å². The lowest BCUT2D eigenvalue weighted by Crippen LogP contribution is -2.12. The van der Waals surface area contributed by atoms with Crippen LogP contribution < -0.4 is 4.74 Å². The van der Waals surface area contributed by atoms with Gasteiger partial charge in [-0.15, -0.1) is 0 Å². The van der Waals surface area contributed by atoms with Crippen LogP contribution in [0, 0.1) is 24.4 Å². The molecule has 0 amide bonds. The lowest BCUT2D eigenvalue weighted by Gasteiger charge is -2.13. The number of carbonyl (C=O) groups excluding carboxylic acids is 1. The number of nitrogens with zero attached hydrogens (tertiary/aromatic N) is 1. The van der Waals surface area contributed by atoms with Crippen LogP contribution >= 0.6 is 11.5 Å². The van der Waals surface area contributed by atoms with Crippen molar-refractivity contribution in [2.75, 3.05) is 6.61 Å². The van der Waals surface area contributed by atoms with Crippen LogP contribution in [0.1, 0.15) is 35.7 Å². The van der Waals surface area contributed by atoms with Crippen LogP contribution in [0.3, 0.4) is 0 Å². The Balaban J connectivity index is 1.88. The van der Waals surface area contributed by atoms with Gasteiger partial charge in [0.2, 0.25) is 0 Å². The molecule has 0 radical (unpaired) electrons. The molecule has 3 aromatic rings. The molecule has 1 aromatic heterocycles. The lowest BCUT2D eigenvalue weighted by molar-refractivity contribution is -0.143. The van der Waals surface area contributed by atoms with Crippen LogP contribution in [0.15, 0.2) is 30.3 Å². The van der Waals surface area contributed by atoms with Gasteiger partial charge in [0.15, 0.2) is 23.1 Å². The van der Waals surface area contributed by atoms with E-state index in [9.17, 15) is 31.1 Å². The average molecular weight is 503 g/mol. The minimum absolute atomic E-state index is 0.00350. The lowest BCUT2D eigenvalue weighted by atomic mass is 10.1. The van der Waals surface area contributed by atoms with Gasteiger partial charge in [0.05, 0.1) is 11.5 Å². The van der Waals surface area contributed by atoms with E-state index in [1.165, 1.54) is 12.1 Å². The Morgan fingerprint density at radius 2 is 1.74 bits per heavy atom. The molecule has 0 saturated heterocycles. The fraction of sp³-hybridized carbons (Fsp3) is 0.304. The van der Waals surface area contributed by atoms with E-state index in [-0.39, 0.29) is 35.5 Å². The van der Waals surface area contributed by atoms with Gasteiger partial charge in [-0.25, -0.2) is 13.2 Å². The van der Waals surface area contributed by atoms with Crippen LogP contribution in [0.5, 0.6) is 5.75 Å². The quantitative estimate of drug-likeness (QED) is 0.256. The smallest absolute Gasteiger partial charge is 0.434 e. The second kappa shape index (κ2) is 10.5. The summed E-state index contributed by atoms with van der Waals surface area (Å²) in [4.78, 5) is 11.3. The molecular weight excluding hydrogens is 484 g/mol. The Kier molecular flexibility index (Phi) is 7.86. The average Bonchev–Trinajstić information content (AvgIpc) is 3.16. The number of aryl methyl sites for hydroxylation is 2. The zero-order valence-electron chi connectivity index (χ0n) is 18.1. The third-order valence-electron chi connectivity index (χ3n) is 4.77. The number of hydrogen-bond donors (Lipinski definition) is 0. The molecule has 0 aliphatic carbocycles. The van der Waals surface area contributed by atoms with Gasteiger partial charge in [-0.2, -0.15) is 17.5 Å². The highest BCUT2D eigenvalue weighted by atomic mass is 32.1. The summed E-state index contributed by atoms with van der Waals surface area (Å²) in [6.07, 6.45) is -4.99. The van der Waals surface area contributed by atoms with Crippen molar-refractivity contribution in [3.63, 3.8) is 0 Å². The number of halogens is 6. The van der Waals surface area contributed by atoms with Crippen molar-refractivity contribution >= 4 is 17.5 Å². The largest absolute Gasteiger partial charge is 0.483 e. The number of alkyl halides is 3. The van der Waals surface area contributed by atoms with E-state index in [2.05, 4.69) is 4.37 Å². The van der Waals surface area contributed by atoms with Crippen LogP contribution in [0.2, 0.25) is 0 Å². The summed E-state index contributed by atoms with van der Waals surface area (Å²) in [5, 5.41) is 0. The second-order valence-electron chi connectivity index (χ2n) is 7.30. The highest BCUT2D eigenvalue weighted by molar-refractivity contribution is 7.09. The van der Waals surface area contributed by atoms with Crippen molar-refractivity contribution in [3.05, 3.63) is 70.2 Å². The van der Waals surface area contributed by atoms with E-state index < -0.39 is 53.2 Å². The zero-order valence-corrected chi connectivity index (χ0v) is 18.9. The molecule has 0 saturated carbocycles. The number of aromatic nitrogens is 1. The molecule has 182 valence electrons. The summed E-state index contributed by atoms with van der Waals surface area (Å²) in [5.41, 5.74) is -1.28. The Hall–Kier alpha value is -3.08. The summed E-state index contributed by atoms with van der Waals surface area (Å²) in [6, 6.07) is 5.83. The van der Waals surface area contributed by atoms with Gasteiger partial charge < -0.3 is 9.47 Å². The highest BCUT2D eigenvalue weighted by Crippen LogP contribution is 2.40. The monoisotopic (exact) mass is 503 g/mol. The number of esters is 1. The molecule has 11 heteroatoms. The first-order valence-electron chi connectivity index (χ1n) is 10.1. The topological polar surface area (TPSA) is 48.4 Å². The third-order valence-corrected chi connectivity index (χ3v) is 5.69. The Morgan fingerprint density at radius 1 is 1.06 bits per heavy atom. The maximum atomic E-state index is 14.5. The van der Waals surface area contributed by atoms with Gasteiger partial charge in [0.25, 0.3) is 0 Å². The molecular formula is C23H19F6NO3S. The summed E-state index contributed by atoms with van der Waals surface area (Å²) >= 11 is 0.414. The van der Waals surface area contributed by atoms with Gasteiger partial charge in [0.1, 0.15) is 12.4 Å². The van der Waals surface area contributed by atoms with Crippen molar-refractivity contribution in [2.45, 2.75) is 39.5 Å². The van der Waals surface area contributed by atoms with Gasteiger partial charge >= 0.3 is 12.1 Å². The number of carbonyl (C=O) groups is 1. The van der Waals surface area contributed by atoms with Crippen molar-refractivity contribution in [2.24, 2.45) is 0 Å². The molecule has 0 atom stereocenters. The van der Waals surface area contributed by atoms with Crippen molar-refractivity contribution in [3.8, 4) is 16.2 Å². The standard InChI is InChI=1S/C23H19F6NO3S/c1-3-32-19(31)7-5-13-9-17(25)20(18(26)10-13)33-11-15-21(34-30-22(15)23(27,28)29)14-6-4-12(2)8-16(14)24/h4,6,8-10H,3,5,7,11H2,1-2H3. The summed E-state index contributed by atoms with van der Waals surface area (Å²) in [7, 11) is 0. The Morgan fingerprint density at radius 3 is 2.32 bits per heavy atom. The predicted molar refractivity (Wildman–Crippen MR) is 113 cm³/mol. The molecule has 3 rings (SSSR count). The van der Waals surface area contributed by atoms with E-state index in [0.717, 1.165) is 18.2 Å². The highest BCUT2D eigenvalue weighted by Gasteiger charge is 2.39. The fourth-order valence-electron chi connectivity index (χ4n) is 3.20. The maximum absolute atomic E-state index is 14.5. The third kappa shape index (κ3) is 5.88. The number of ether oxygens (including phenoxy) is 2. The number of benzene rings is 2. The van der Waals surface area contributed by atoms with E-state index in [1.807, 2.05) is 0 Å². The minimum Gasteiger partial charge on any atom is -0.483 e. The molecule has 0 aliphatic heterocycles. The van der Waals surface area contributed by atoms with E-state index in [0.29, 0.717) is 17.1 Å². The van der Waals surface area contributed by atoms with E-state index in [4.69, 9.17) is 9.47 Å². The molecule has 0 spiro atoms. The van der Waals surface area contributed by atoms with Gasteiger partial charge in [0, 0.05) is 17.5 Å². The predicted octanol–water partition coefficient (Wildman–Crippen LogP) is 6.63. The SMILES string of the molecule is CCOC(=O)CCc1cc(F)c(OCc2c(C(F)(F)F)nsc2-c2ccc(C)cc2F)c(F)c1. The van der Waals surface area contributed by atoms with Crippen molar-refractivity contribution in [1.29, 1.82) is 0 Å². The molecule has 0 bridgehead atoms. The zero-order chi connectivity index (χ0) is 25.0. The molecule has 2 aromatic carbocycles. The van der Waals surface area contributed by atoms with Crippen molar-refractivity contribution in [1.82, 2.24) is 4.37 Å². The molecule has 0 unspecified atom stereocenters. The Labute approximate surface area is 195 Å². The molecule has 0 fully saturated rings. The normalized spacial score (nSPS) is 11.5. The van der Waals surface area contributed by atoms with Crippen LogP contribution in [0.25, 0.3) is 10.4 Å². The Bertz CT molecular complexity index is 1170. The number of rotatable bonds is 8. The molecule has 1 heterocycles. The van der Waals surface area contributed by atoms with E-state index in [1.54, 1.807) is 13.8 Å². The first-order valence-corrected chi connectivity index (χ1v) is 10.9. The van der Waals surface area contributed by atoms with Gasteiger partial charge in [-0.05, 0) is 61.1 Å². The fourth-order valence-corrected chi connectivity index (χ4v) is 4.13. The summed E-state index contributed by atoms with van der Waals surface area (Å²) in [6.45, 7) is 2.51. The maximum Gasteiger partial charge on any atom is 0.434 e. The second-order valence-corrected chi connectivity index (χ2v) is 8.08. The molecule has 4 nitrogen and oxygen atoms in total. The first-order chi connectivity index (χ1) is 16.0. The van der Waals surface area contributed by atoms with E-state index >= 15 is 0 Å². The van der Waals surface area contributed by atoms with Gasteiger partial charge in [-0.3, -0.25) is 4.79 Å². The number of hydrogen-bond acceptors (Lipinski definition) is 5. The van der Waals surface area contributed by atoms with Crippen molar-refractivity contribution < 1.29 is 40.6 Å². The first kappa shape index (κ1) is 25.5. The minimum atomic E-state index is -4.89. The molecule has 0 N–H and O–H groups in total. The van der Waals surface area contributed by atoms with Crippen LogP contribution in [-0.4, -0.2) is 16.9 Å². The summed E-state index contributed by atoms with van der Waals surface area (Å²) in [5.74, 6) is -4.50. The summed E-state index contributed by atoms with van der Waals surface area (Å²) < 4.78 is 97.2.